The summed E-state index contributed by atoms with van der Waals surface area (Å²) >= 11 is 0. The summed E-state index contributed by atoms with van der Waals surface area (Å²) in [7, 11) is 1.73. The van der Waals surface area contributed by atoms with Gasteiger partial charge in [0.1, 0.15) is 13.2 Å². The van der Waals surface area contributed by atoms with Crippen LogP contribution in [-0.2, 0) is 25.7 Å². The number of esters is 2. The Hall–Kier alpha value is -2.96. The summed E-state index contributed by atoms with van der Waals surface area (Å²) in [5.41, 5.74) is 2.22. The molecule has 7 nitrogen and oxygen atoms in total. The van der Waals surface area contributed by atoms with Gasteiger partial charge in [0.15, 0.2) is 0 Å². The zero-order valence-electron chi connectivity index (χ0n) is 14.8. The van der Waals surface area contributed by atoms with Crippen LogP contribution < -0.4 is 0 Å². The molecule has 0 radical (unpaired) electrons. The first kappa shape index (κ1) is 20.1. The molecule has 1 aromatic carbocycles. The van der Waals surface area contributed by atoms with Gasteiger partial charge in [-0.2, -0.15) is 0 Å². The number of hydrogen-bond acceptors (Lipinski definition) is 6. The molecule has 0 atom stereocenters. The Kier molecular flexibility index (Phi) is 8.05. The van der Waals surface area contributed by atoms with Crippen LogP contribution in [0.25, 0.3) is 0 Å². The fourth-order valence-corrected chi connectivity index (χ4v) is 1.50. The highest BCUT2D eigenvalue weighted by Gasteiger charge is 2.04. The Balaban J connectivity index is 2.42. The molecule has 0 aliphatic heterocycles. The second-order valence-corrected chi connectivity index (χ2v) is 5.51. The lowest BCUT2D eigenvalue weighted by Crippen LogP contribution is -2.19. The van der Waals surface area contributed by atoms with Crippen LogP contribution in [-0.4, -0.2) is 37.1 Å². The number of carbonyl (C=O) groups excluding carboxylic acids is 2. The van der Waals surface area contributed by atoms with Crippen LogP contribution in [0.1, 0.15) is 19.4 Å². The minimum atomic E-state index is -0.423. The van der Waals surface area contributed by atoms with E-state index in [0.29, 0.717) is 23.4 Å². The molecule has 0 spiro atoms. The molecule has 25 heavy (non-hydrogen) atoms. The van der Waals surface area contributed by atoms with Gasteiger partial charge in [-0.3, -0.25) is 5.01 Å². The Morgan fingerprint density at radius 2 is 1.60 bits per heavy atom. The Morgan fingerprint density at radius 3 is 2.16 bits per heavy atom. The van der Waals surface area contributed by atoms with Crippen LogP contribution in [0.3, 0.4) is 0 Å². The van der Waals surface area contributed by atoms with E-state index in [4.69, 9.17) is 9.47 Å². The van der Waals surface area contributed by atoms with E-state index in [-0.39, 0.29) is 13.2 Å². The van der Waals surface area contributed by atoms with Gasteiger partial charge in [-0.05, 0) is 31.5 Å². The van der Waals surface area contributed by atoms with E-state index in [1.54, 1.807) is 50.2 Å². The summed E-state index contributed by atoms with van der Waals surface area (Å²) in [6, 6.07) is 7.13. The first-order valence-corrected chi connectivity index (χ1v) is 7.66. The third-order valence-electron chi connectivity index (χ3n) is 2.96. The lowest BCUT2D eigenvalue weighted by Gasteiger charge is -2.11. The number of carbonyl (C=O) groups is 2. The molecule has 0 heterocycles. The Morgan fingerprint density at radius 1 is 1.04 bits per heavy atom. The summed E-state index contributed by atoms with van der Waals surface area (Å²) in [6.45, 7) is 11.0. The number of benzene rings is 1. The van der Waals surface area contributed by atoms with E-state index < -0.39 is 11.9 Å². The first-order chi connectivity index (χ1) is 11.8. The highest BCUT2D eigenvalue weighted by atomic mass is 16.5. The largest absolute Gasteiger partial charge is 0.460 e. The Bertz CT molecular complexity index is 665. The number of rotatable bonds is 9. The van der Waals surface area contributed by atoms with Crippen LogP contribution >= 0.6 is 0 Å². The van der Waals surface area contributed by atoms with Crippen LogP contribution in [0, 0.1) is 0 Å². The lowest BCUT2D eigenvalue weighted by atomic mass is 10.2. The van der Waals surface area contributed by atoms with Crippen molar-refractivity contribution >= 4 is 17.6 Å². The van der Waals surface area contributed by atoms with E-state index in [9.17, 15) is 9.59 Å². The highest BCUT2D eigenvalue weighted by molar-refractivity contribution is 5.87. The van der Waals surface area contributed by atoms with E-state index in [1.165, 1.54) is 0 Å². The molecule has 0 aliphatic rings. The van der Waals surface area contributed by atoms with Crippen molar-refractivity contribution in [1.29, 1.82) is 0 Å². The van der Waals surface area contributed by atoms with Crippen molar-refractivity contribution < 1.29 is 19.1 Å². The van der Waals surface area contributed by atoms with Crippen molar-refractivity contribution in [2.75, 3.05) is 20.2 Å². The molecule has 1 aromatic rings. The molecule has 0 bridgehead atoms. The molecule has 0 fully saturated rings. The quantitative estimate of drug-likeness (QED) is 0.297. The van der Waals surface area contributed by atoms with Gasteiger partial charge < -0.3 is 9.47 Å². The number of nitrogens with zero attached hydrogens (tertiary/aromatic N) is 3. The number of ether oxygens (including phenoxy) is 2. The molecule has 0 N–H and O–H groups in total. The van der Waals surface area contributed by atoms with Crippen molar-refractivity contribution in [2.45, 2.75) is 20.5 Å². The summed E-state index contributed by atoms with van der Waals surface area (Å²) in [5, 5.41) is 9.65. The topological polar surface area (TPSA) is 80.6 Å². The minimum Gasteiger partial charge on any atom is -0.460 e. The fraction of sp³-hybridized carbons (Fsp3) is 0.333. The summed E-state index contributed by atoms with van der Waals surface area (Å²) in [4.78, 5) is 22.6. The second kappa shape index (κ2) is 10.0. The van der Waals surface area contributed by atoms with Crippen LogP contribution in [0.2, 0.25) is 0 Å². The first-order valence-electron chi connectivity index (χ1n) is 7.66. The molecule has 0 aliphatic carbocycles. The molecule has 0 aromatic heterocycles. The van der Waals surface area contributed by atoms with Gasteiger partial charge >= 0.3 is 11.9 Å². The maximum absolute atomic E-state index is 11.3. The predicted octanol–water partition coefficient (Wildman–Crippen LogP) is 3.36. The highest BCUT2D eigenvalue weighted by Crippen LogP contribution is 2.15. The van der Waals surface area contributed by atoms with Gasteiger partial charge in [-0.25, -0.2) is 9.59 Å². The second-order valence-electron chi connectivity index (χ2n) is 5.51. The summed E-state index contributed by atoms with van der Waals surface area (Å²) in [6.07, 6.45) is 0. The Labute approximate surface area is 147 Å². The van der Waals surface area contributed by atoms with Gasteiger partial charge in [-0.1, -0.05) is 30.5 Å². The maximum Gasteiger partial charge on any atom is 0.333 e. The third kappa shape index (κ3) is 7.92. The minimum absolute atomic E-state index is 0.178. The standard InChI is InChI=1S/C18H23N3O4/c1-13(2)17(22)24-11-10-21(5)20-19-16-8-6-15(7-9-16)12-25-18(23)14(3)4/h6-9H,1,3,10-12H2,2,4-5H3. The van der Waals surface area contributed by atoms with Crippen molar-refractivity contribution in [2.24, 2.45) is 10.3 Å². The number of hydrogen-bond donors (Lipinski definition) is 0. The van der Waals surface area contributed by atoms with Gasteiger partial charge in [-0.15, -0.1) is 5.11 Å². The van der Waals surface area contributed by atoms with Gasteiger partial charge in [0.25, 0.3) is 0 Å². The molecular formula is C18H23N3O4. The average molecular weight is 345 g/mol. The molecule has 134 valence electrons. The maximum atomic E-state index is 11.3. The monoisotopic (exact) mass is 345 g/mol. The fourth-order valence-electron chi connectivity index (χ4n) is 1.50. The SMILES string of the molecule is C=C(C)C(=O)OCCN(C)N=Nc1ccc(COC(=O)C(=C)C)cc1. The van der Waals surface area contributed by atoms with E-state index in [1.807, 2.05) is 0 Å². The molecular weight excluding hydrogens is 322 g/mol. The molecule has 0 saturated heterocycles. The van der Waals surface area contributed by atoms with Crippen LogP contribution in [0.15, 0.2) is 58.9 Å². The summed E-state index contributed by atoms with van der Waals surface area (Å²) < 4.78 is 10.0. The lowest BCUT2D eigenvalue weighted by molar-refractivity contribution is -0.140. The van der Waals surface area contributed by atoms with Crippen molar-refractivity contribution in [3.63, 3.8) is 0 Å². The molecule has 1 rings (SSSR count). The predicted molar refractivity (Wildman–Crippen MR) is 94.0 cm³/mol. The third-order valence-corrected chi connectivity index (χ3v) is 2.96. The van der Waals surface area contributed by atoms with Crippen LogP contribution in [0.5, 0.6) is 0 Å². The van der Waals surface area contributed by atoms with Crippen molar-refractivity contribution in [1.82, 2.24) is 5.01 Å². The van der Waals surface area contributed by atoms with Crippen molar-refractivity contribution in [3.05, 3.63) is 54.1 Å². The number of likely N-dealkylation sites (N-methyl/N-ethyl adjacent to an activating group) is 1. The zero-order valence-corrected chi connectivity index (χ0v) is 14.8. The van der Waals surface area contributed by atoms with Gasteiger partial charge in [0.2, 0.25) is 0 Å². The van der Waals surface area contributed by atoms with Gasteiger partial charge in [0.05, 0.1) is 12.2 Å². The molecule has 0 amide bonds. The average Bonchev–Trinajstić information content (AvgIpc) is 2.58. The van der Waals surface area contributed by atoms with E-state index in [0.717, 1.165) is 5.56 Å². The van der Waals surface area contributed by atoms with Gasteiger partial charge in [0, 0.05) is 18.2 Å². The van der Waals surface area contributed by atoms with E-state index in [2.05, 4.69) is 23.5 Å². The summed E-state index contributed by atoms with van der Waals surface area (Å²) in [5.74, 6) is -0.842. The molecule has 0 unspecified atom stereocenters. The van der Waals surface area contributed by atoms with E-state index >= 15 is 0 Å². The smallest absolute Gasteiger partial charge is 0.333 e. The molecule has 0 saturated carbocycles. The molecule has 7 heteroatoms. The zero-order chi connectivity index (χ0) is 18.8. The van der Waals surface area contributed by atoms with Crippen molar-refractivity contribution in [3.8, 4) is 0 Å². The normalized spacial score (nSPS) is 10.4. The van der Waals surface area contributed by atoms with Crippen LogP contribution in [0.4, 0.5) is 5.69 Å².